The number of hydrogen-bond donors (Lipinski definition) is 1. The molecule has 0 aliphatic rings. The van der Waals surface area contributed by atoms with Crippen molar-refractivity contribution in [1.82, 2.24) is 0 Å². The lowest BCUT2D eigenvalue weighted by molar-refractivity contribution is 0.0736. The summed E-state index contributed by atoms with van der Waals surface area (Å²) in [5, 5.41) is 9.67. The van der Waals surface area contributed by atoms with Gasteiger partial charge < -0.3 is 9.84 Å². The minimum atomic E-state index is -1.40. The summed E-state index contributed by atoms with van der Waals surface area (Å²) in [4.78, 5) is 0. The van der Waals surface area contributed by atoms with Crippen LogP contribution in [0.4, 0.5) is 8.78 Å². The van der Waals surface area contributed by atoms with Crippen molar-refractivity contribution >= 4 is 15.9 Å². The summed E-state index contributed by atoms with van der Waals surface area (Å²) in [5.41, 5.74) is -1.42. The lowest BCUT2D eigenvalue weighted by Crippen LogP contribution is -2.18. The Bertz CT molecular complexity index is 386. The molecule has 0 fully saturated rings. The van der Waals surface area contributed by atoms with E-state index in [1.165, 1.54) is 27.0 Å². The van der Waals surface area contributed by atoms with Crippen LogP contribution in [0.2, 0.25) is 0 Å². The van der Waals surface area contributed by atoms with Crippen molar-refractivity contribution in [1.29, 1.82) is 0 Å². The van der Waals surface area contributed by atoms with E-state index in [2.05, 4.69) is 20.7 Å². The second-order valence-electron chi connectivity index (χ2n) is 3.63. The van der Waals surface area contributed by atoms with Gasteiger partial charge >= 0.3 is 0 Å². The van der Waals surface area contributed by atoms with Crippen LogP contribution >= 0.6 is 15.9 Å². The van der Waals surface area contributed by atoms with Crippen LogP contribution in [0, 0.1) is 11.6 Å². The third-order valence-electron chi connectivity index (χ3n) is 1.98. The van der Waals surface area contributed by atoms with Gasteiger partial charge in [-0.15, -0.1) is 0 Å². The molecule has 0 spiro atoms. The molecule has 1 aromatic rings. The predicted molar refractivity (Wildman–Crippen MR) is 55.9 cm³/mol. The van der Waals surface area contributed by atoms with Gasteiger partial charge in [0.2, 0.25) is 0 Å². The molecule has 0 radical (unpaired) electrons. The quantitative estimate of drug-likeness (QED) is 0.844. The minimum absolute atomic E-state index is 0.0207. The molecule has 0 aromatic heterocycles. The molecular formula is C10H11BrF2O2. The average Bonchev–Trinajstić information content (AvgIpc) is 2.10. The second kappa shape index (κ2) is 4.06. The third-order valence-corrected chi connectivity index (χ3v) is 2.56. The number of benzene rings is 1. The van der Waals surface area contributed by atoms with Crippen LogP contribution in [-0.2, 0) is 5.60 Å². The average molecular weight is 281 g/mol. The smallest absolute Gasteiger partial charge is 0.191 e. The summed E-state index contributed by atoms with van der Waals surface area (Å²) in [6, 6.07) is 1.20. The summed E-state index contributed by atoms with van der Waals surface area (Å²) in [6.45, 7) is 2.82. The molecule has 0 saturated heterocycles. The first-order chi connectivity index (χ1) is 6.79. The van der Waals surface area contributed by atoms with E-state index in [4.69, 9.17) is 0 Å². The van der Waals surface area contributed by atoms with Gasteiger partial charge in [0.05, 0.1) is 17.2 Å². The molecule has 0 unspecified atom stereocenters. The third kappa shape index (κ3) is 2.29. The standard InChI is InChI=1S/C10H11BrF2O2/c1-10(2,14)5-4-6(11)8(13)9(15-3)7(5)12/h4,14H,1-3H3. The summed E-state index contributed by atoms with van der Waals surface area (Å²) >= 11 is 2.93. The molecule has 0 saturated carbocycles. The SMILES string of the molecule is COc1c(F)c(Br)cc(C(C)(C)O)c1F. The van der Waals surface area contributed by atoms with Crippen LogP contribution in [0.15, 0.2) is 10.5 Å². The van der Waals surface area contributed by atoms with Crippen LogP contribution in [0.25, 0.3) is 0 Å². The van der Waals surface area contributed by atoms with Crippen molar-refractivity contribution in [2.24, 2.45) is 0 Å². The lowest BCUT2D eigenvalue weighted by Gasteiger charge is -2.20. The van der Waals surface area contributed by atoms with Crippen molar-refractivity contribution < 1.29 is 18.6 Å². The topological polar surface area (TPSA) is 29.5 Å². The molecular weight excluding hydrogens is 270 g/mol. The maximum absolute atomic E-state index is 13.7. The van der Waals surface area contributed by atoms with E-state index in [1.807, 2.05) is 0 Å². The predicted octanol–water partition coefficient (Wildman–Crippen LogP) is 2.96. The maximum atomic E-state index is 13.7. The summed E-state index contributed by atoms with van der Waals surface area (Å²) in [6.07, 6.45) is 0. The highest BCUT2D eigenvalue weighted by molar-refractivity contribution is 9.10. The molecule has 0 heterocycles. The molecule has 0 aliphatic carbocycles. The molecule has 0 amide bonds. The Morgan fingerprint density at radius 1 is 1.33 bits per heavy atom. The number of ether oxygens (including phenoxy) is 1. The Kier molecular flexibility index (Phi) is 3.35. The lowest BCUT2D eigenvalue weighted by atomic mass is 9.97. The van der Waals surface area contributed by atoms with Crippen LogP contribution in [0.3, 0.4) is 0 Å². The van der Waals surface area contributed by atoms with Crippen molar-refractivity contribution in [3.63, 3.8) is 0 Å². The van der Waals surface area contributed by atoms with E-state index in [0.29, 0.717) is 0 Å². The number of hydrogen-bond acceptors (Lipinski definition) is 2. The molecule has 1 aromatic carbocycles. The summed E-state index contributed by atoms with van der Waals surface area (Å²) < 4.78 is 31.7. The highest BCUT2D eigenvalue weighted by Crippen LogP contribution is 2.35. The van der Waals surface area contributed by atoms with Crippen LogP contribution in [0.1, 0.15) is 19.4 Å². The monoisotopic (exact) mass is 280 g/mol. The van der Waals surface area contributed by atoms with Crippen LogP contribution in [0.5, 0.6) is 5.75 Å². The van der Waals surface area contributed by atoms with E-state index < -0.39 is 23.0 Å². The molecule has 1 N–H and O–H groups in total. The molecule has 5 heteroatoms. The van der Waals surface area contributed by atoms with Crippen molar-refractivity contribution in [2.75, 3.05) is 7.11 Å². The van der Waals surface area contributed by atoms with Crippen molar-refractivity contribution in [2.45, 2.75) is 19.4 Å². The Morgan fingerprint density at radius 3 is 2.27 bits per heavy atom. The largest absolute Gasteiger partial charge is 0.491 e. The number of rotatable bonds is 2. The zero-order valence-electron chi connectivity index (χ0n) is 8.57. The molecule has 2 nitrogen and oxygen atoms in total. The normalized spacial score (nSPS) is 11.7. The summed E-state index contributed by atoms with van der Waals surface area (Å²) in [5.74, 6) is -2.20. The Balaban J connectivity index is 3.51. The van der Waals surface area contributed by atoms with Gasteiger partial charge in [-0.25, -0.2) is 8.78 Å². The van der Waals surface area contributed by atoms with Crippen LogP contribution in [-0.4, -0.2) is 12.2 Å². The van der Waals surface area contributed by atoms with Gasteiger partial charge in [0, 0.05) is 5.56 Å². The maximum Gasteiger partial charge on any atom is 0.191 e. The van der Waals surface area contributed by atoms with Gasteiger partial charge in [-0.3, -0.25) is 0 Å². The molecule has 0 aliphatic heterocycles. The van der Waals surface area contributed by atoms with Crippen molar-refractivity contribution in [3.05, 3.63) is 27.7 Å². The van der Waals surface area contributed by atoms with Crippen molar-refractivity contribution in [3.8, 4) is 5.75 Å². The van der Waals surface area contributed by atoms with E-state index >= 15 is 0 Å². The van der Waals surface area contributed by atoms with E-state index in [-0.39, 0.29) is 10.0 Å². The first kappa shape index (κ1) is 12.4. The van der Waals surface area contributed by atoms with Gasteiger partial charge in [-0.05, 0) is 35.8 Å². The highest BCUT2D eigenvalue weighted by atomic mass is 79.9. The molecule has 1 rings (SSSR count). The molecule has 0 bridgehead atoms. The van der Waals surface area contributed by atoms with Gasteiger partial charge in [0.25, 0.3) is 0 Å². The zero-order valence-corrected chi connectivity index (χ0v) is 10.2. The first-order valence-corrected chi connectivity index (χ1v) is 5.02. The fraction of sp³-hybridized carbons (Fsp3) is 0.400. The zero-order chi connectivity index (χ0) is 11.8. The molecule has 84 valence electrons. The molecule has 15 heavy (non-hydrogen) atoms. The molecule has 0 atom stereocenters. The Morgan fingerprint density at radius 2 is 1.87 bits per heavy atom. The summed E-state index contributed by atoms with van der Waals surface area (Å²) in [7, 11) is 1.17. The van der Waals surface area contributed by atoms with Gasteiger partial charge in [0.15, 0.2) is 17.4 Å². The van der Waals surface area contributed by atoms with Gasteiger partial charge in [-0.1, -0.05) is 0 Å². The first-order valence-electron chi connectivity index (χ1n) is 4.23. The fourth-order valence-electron chi connectivity index (χ4n) is 1.20. The van der Waals surface area contributed by atoms with Crippen LogP contribution < -0.4 is 4.74 Å². The Hall–Kier alpha value is -0.680. The van der Waals surface area contributed by atoms with E-state index in [0.717, 1.165) is 0 Å². The van der Waals surface area contributed by atoms with Gasteiger partial charge in [0.1, 0.15) is 0 Å². The van der Waals surface area contributed by atoms with E-state index in [1.54, 1.807) is 0 Å². The minimum Gasteiger partial charge on any atom is -0.491 e. The number of methoxy groups -OCH3 is 1. The highest BCUT2D eigenvalue weighted by Gasteiger charge is 2.27. The number of halogens is 3. The second-order valence-corrected chi connectivity index (χ2v) is 4.48. The number of aliphatic hydroxyl groups is 1. The fourth-order valence-corrected chi connectivity index (χ4v) is 1.61. The Labute approximate surface area is 95.0 Å². The van der Waals surface area contributed by atoms with Gasteiger partial charge in [-0.2, -0.15) is 0 Å². The van der Waals surface area contributed by atoms with E-state index in [9.17, 15) is 13.9 Å².